The first-order valence-electron chi connectivity index (χ1n) is 11.7. The SMILES string of the molecule is CN=C(NCC1(c2ccccc2OC)CC1)N1CCN(C(C)C(=O)N2CCCC2)CC1. The van der Waals surface area contributed by atoms with E-state index in [-0.39, 0.29) is 11.5 Å². The van der Waals surface area contributed by atoms with Gasteiger partial charge in [0, 0.05) is 63.8 Å². The average molecular weight is 428 g/mol. The standard InChI is InChI=1S/C24H37N5O2/c1-19(22(30)28-12-6-7-13-28)27-14-16-29(17-15-27)23(25-2)26-18-24(10-11-24)20-8-4-5-9-21(20)31-3/h4-5,8-9,19H,6-7,10-18H2,1-3H3,(H,25,26). The summed E-state index contributed by atoms with van der Waals surface area (Å²) in [5, 5.41) is 3.63. The zero-order valence-corrected chi connectivity index (χ0v) is 19.3. The minimum atomic E-state index is -0.0319. The van der Waals surface area contributed by atoms with Crippen molar-refractivity contribution in [1.82, 2.24) is 20.0 Å². The maximum atomic E-state index is 12.7. The molecule has 1 saturated carbocycles. The number of para-hydroxylation sites is 1. The van der Waals surface area contributed by atoms with Crippen molar-refractivity contribution >= 4 is 11.9 Å². The molecule has 4 rings (SSSR count). The minimum Gasteiger partial charge on any atom is -0.496 e. The number of nitrogens with zero attached hydrogens (tertiary/aromatic N) is 4. The highest BCUT2D eigenvalue weighted by Gasteiger charge is 2.46. The predicted octanol–water partition coefficient (Wildman–Crippen LogP) is 1.93. The molecule has 0 bridgehead atoms. The molecule has 2 aliphatic heterocycles. The first kappa shape index (κ1) is 21.9. The van der Waals surface area contributed by atoms with Gasteiger partial charge in [0.25, 0.3) is 0 Å². The van der Waals surface area contributed by atoms with Gasteiger partial charge in [-0.25, -0.2) is 0 Å². The lowest BCUT2D eigenvalue weighted by molar-refractivity contribution is -0.135. The van der Waals surface area contributed by atoms with Gasteiger partial charge in [0.1, 0.15) is 5.75 Å². The first-order chi connectivity index (χ1) is 15.1. The second-order valence-corrected chi connectivity index (χ2v) is 9.11. The number of amides is 1. The number of carbonyl (C=O) groups is 1. The van der Waals surface area contributed by atoms with Crippen LogP contribution in [0.15, 0.2) is 29.3 Å². The fourth-order valence-electron chi connectivity index (χ4n) is 5.03. The summed E-state index contributed by atoms with van der Waals surface area (Å²) >= 11 is 0. The lowest BCUT2D eigenvalue weighted by atomic mass is 9.95. The van der Waals surface area contributed by atoms with Crippen LogP contribution in [0.4, 0.5) is 0 Å². The number of nitrogens with one attached hydrogen (secondary N) is 1. The highest BCUT2D eigenvalue weighted by Crippen LogP contribution is 2.50. The Morgan fingerprint density at radius 3 is 2.39 bits per heavy atom. The monoisotopic (exact) mass is 427 g/mol. The van der Waals surface area contributed by atoms with Crippen LogP contribution in [-0.2, 0) is 10.2 Å². The second-order valence-electron chi connectivity index (χ2n) is 9.11. The number of hydrogen-bond acceptors (Lipinski definition) is 4. The number of likely N-dealkylation sites (tertiary alicyclic amines) is 1. The number of benzene rings is 1. The zero-order valence-electron chi connectivity index (χ0n) is 19.3. The van der Waals surface area contributed by atoms with E-state index >= 15 is 0 Å². The van der Waals surface area contributed by atoms with Crippen molar-refractivity contribution < 1.29 is 9.53 Å². The maximum absolute atomic E-state index is 12.7. The average Bonchev–Trinajstić information content (AvgIpc) is 3.40. The minimum absolute atomic E-state index is 0.0319. The molecule has 1 atom stereocenters. The zero-order chi connectivity index (χ0) is 21.8. The van der Waals surface area contributed by atoms with E-state index in [2.05, 4.69) is 39.2 Å². The highest BCUT2D eigenvalue weighted by molar-refractivity contribution is 5.82. The number of ether oxygens (including phenoxy) is 1. The number of methoxy groups -OCH3 is 1. The molecule has 1 unspecified atom stereocenters. The van der Waals surface area contributed by atoms with E-state index in [0.29, 0.717) is 5.91 Å². The van der Waals surface area contributed by atoms with Gasteiger partial charge in [-0.2, -0.15) is 0 Å². The third-order valence-electron chi connectivity index (χ3n) is 7.27. The molecule has 2 saturated heterocycles. The van der Waals surface area contributed by atoms with Crippen LogP contribution in [0.2, 0.25) is 0 Å². The Hall–Kier alpha value is -2.28. The Bertz CT molecular complexity index is 793. The lowest BCUT2D eigenvalue weighted by Gasteiger charge is -2.39. The van der Waals surface area contributed by atoms with Gasteiger partial charge in [-0.1, -0.05) is 18.2 Å². The predicted molar refractivity (Wildman–Crippen MR) is 124 cm³/mol. The number of carbonyl (C=O) groups excluding carboxylic acids is 1. The van der Waals surface area contributed by atoms with Gasteiger partial charge >= 0.3 is 0 Å². The summed E-state index contributed by atoms with van der Waals surface area (Å²) in [6.07, 6.45) is 4.62. The summed E-state index contributed by atoms with van der Waals surface area (Å²) in [6, 6.07) is 8.33. The lowest BCUT2D eigenvalue weighted by Crippen LogP contribution is -2.57. The molecular formula is C24H37N5O2. The molecule has 1 N–H and O–H groups in total. The van der Waals surface area contributed by atoms with E-state index in [1.54, 1.807) is 7.11 Å². The Labute approximate surface area is 186 Å². The van der Waals surface area contributed by atoms with Gasteiger partial charge in [0.15, 0.2) is 5.96 Å². The van der Waals surface area contributed by atoms with Gasteiger partial charge < -0.3 is 19.9 Å². The van der Waals surface area contributed by atoms with Crippen molar-refractivity contribution in [3.63, 3.8) is 0 Å². The second kappa shape index (κ2) is 9.47. The van der Waals surface area contributed by atoms with E-state index in [4.69, 9.17) is 4.74 Å². The number of aliphatic imine (C=N–C) groups is 1. The summed E-state index contributed by atoms with van der Waals surface area (Å²) < 4.78 is 5.61. The first-order valence-corrected chi connectivity index (χ1v) is 11.7. The van der Waals surface area contributed by atoms with Crippen molar-refractivity contribution in [3.8, 4) is 5.75 Å². The van der Waals surface area contributed by atoms with Gasteiger partial charge in [-0.15, -0.1) is 0 Å². The molecule has 31 heavy (non-hydrogen) atoms. The quantitative estimate of drug-likeness (QED) is 0.555. The Morgan fingerprint density at radius 2 is 1.77 bits per heavy atom. The fourth-order valence-corrected chi connectivity index (χ4v) is 5.03. The molecule has 0 radical (unpaired) electrons. The van der Waals surface area contributed by atoms with Crippen LogP contribution in [0.1, 0.15) is 38.2 Å². The topological polar surface area (TPSA) is 60.4 Å². The Balaban J connectivity index is 1.30. The smallest absolute Gasteiger partial charge is 0.239 e. The van der Waals surface area contributed by atoms with Crippen LogP contribution in [0.25, 0.3) is 0 Å². The Kier molecular flexibility index (Phi) is 6.70. The van der Waals surface area contributed by atoms with E-state index in [9.17, 15) is 4.79 Å². The number of piperazine rings is 1. The molecule has 1 aromatic carbocycles. The molecular weight excluding hydrogens is 390 g/mol. The van der Waals surface area contributed by atoms with Crippen molar-refractivity contribution in [2.75, 3.05) is 60.0 Å². The molecule has 0 spiro atoms. The third kappa shape index (κ3) is 4.66. The van der Waals surface area contributed by atoms with Crippen LogP contribution in [-0.4, -0.2) is 92.6 Å². The summed E-state index contributed by atoms with van der Waals surface area (Å²) in [5.41, 5.74) is 1.43. The van der Waals surface area contributed by atoms with E-state index < -0.39 is 0 Å². The largest absolute Gasteiger partial charge is 0.496 e. The normalized spacial score (nSPS) is 22.4. The van der Waals surface area contributed by atoms with Crippen molar-refractivity contribution in [3.05, 3.63) is 29.8 Å². The fraction of sp³-hybridized carbons (Fsp3) is 0.667. The third-order valence-corrected chi connectivity index (χ3v) is 7.27. The molecule has 7 nitrogen and oxygen atoms in total. The van der Waals surface area contributed by atoms with Crippen LogP contribution >= 0.6 is 0 Å². The molecule has 2 heterocycles. The summed E-state index contributed by atoms with van der Waals surface area (Å²) in [5.74, 6) is 2.22. The number of hydrogen-bond donors (Lipinski definition) is 1. The molecule has 170 valence electrons. The van der Waals surface area contributed by atoms with Crippen molar-refractivity contribution in [1.29, 1.82) is 0 Å². The van der Waals surface area contributed by atoms with Gasteiger partial charge in [-0.3, -0.25) is 14.7 Å². The molecule has 7 heteroatoms. The molecule has 0 aromatic heterocycles. The molecule has 1 amide bonds. The highest BCUT2D eigenvalue weighted by atomic mass is 16.5. The van der Waals surface area contributed by atoms with Crippen LogP contribution in [0.5, 0.6) is 5.75 Å². The Morgan fingerprint density at radius 1 is 1.10 bits per heavy atom. The van der Waals surface area contributed by atoms with E-state index in [0.717, 1.165) is 70.4 Å². The molecule has 1 aromatic rings. The maximum Gasteiger partial charge on any atom is 0.239 e. The number of guanidine groups is 1. The van der Waals surface area contributed by atoms with Crippen molar-refractivity contribution in [2.24, 2.45) is 4.99 Å². The van der Waals surface area contributed by atoms with Gasteiger partial charge in [0.2, 0.25) is 5.91 Å². The van der Waals surface area contributed by atoms with Crippen LogP contribution in [0, 0.1) is 0 Å². The molecule has 1 aliphatic carbocycles. The molecule has 3 fully saturated rings. The van der Waals surface area contributed by atoms with Crippen LogP contribution < -0.4 is 10.1 Å². The molecule has 3 aliphatic rings. The van der Waals surface area contributed by atoms with Gasteiger partial charge in [-0.05, 0) is 38.7 Å². The summed E-state index contributed by atoms with van der Waals surface area (Å²) in [6.45, 7) is 8.33. The van der Waals surface area contributed by atoms with Gasteiger partial charge in [0.05, 0.1) is 13.2 Å². The van der Waals surface area contributed by atoms with E-state index in [1.165, 1.54) is 18.4 Å². The summed E-state index contributed by atoms with van der Waals surface area (Å²) in [4.78, 5) is 24.0. The van der Waals surface area contributed by atoms with E-state index in [1.807, 2.05) is 24.1 Å². The van der Waals surface area contributed by atoms with Crippen LogP contribution in [0.3, 0.4) is 0 Å². The summed E-state index contributed by atoms with van der Waals surface area (Å²) in [7, 11) is 3.60. The number of rotatable bonds is 6. The van der Waals surface area contributed by atoms with Crippen molar-refractivity contribution in [2.45, 2.75) is 44.1 Å².